The number of nitrogens with one attached hydrogen (secondary N) is 1. The van der Waals surface area contributed by atoms with E-state index in [2.05, 4.69) is 5.32 Å². The second-order valence-corrected chi connectivity index (χ2v) is 6.00. The van der Waals surface area contributed by atoms with Gasteiger partial charge in [-0.2, -0.15) is 0 Å². The molecular formula is C20H25NO3. The Morgan fingerprint density at radius 1 is 1.21 bits per heavy atom. The van der Waals surface area contributed by atoms with E-state index in [0.29, 0.717) is 24.3 Å². The number of rotatable bonds is 8. The lowest BCUT2D eigenvalue weighted by molar-refractivity contribution is 0.0972. The number of benzene rings is 2. The summed E-state index contributed by atoms with van der Waals surface area (Å²) in [6.07, 6.45) is -0.226. The summed E-state index contributed by atoms with van der Waals surface area (Å²) in [5.74, 6) is 0.732. The summed E-state index contributed by atoms with van der Waals surface area (Å²) in [4.78, 5) is 12.2. The van der Waals surface area contributed by atoms with Crippen molar-refractivity contribution < 1.29 is 14.6 Å². The number of ether oxygens (including phenoxy) is 1. The first-order chi connectivity index (χ1) is 11.5. The van der Waals surface area contributed by atoms with Crippen LogP contribution in [0.5, 0.6) is 5.75 Å². The highest BCUT2D eigenvalue weighted by Gasteiger charge is 2.16. The van der Waals surface area contributed by atoms with E-state index in [1.807, 2.05) is 50.2 Å². The minimum absolute atomic E-state index is 0.0541. The van der Waals surface area contributed by atoms with Gasteiger partial charge in [0, 0.05) is 24.6 Å². The zero-order valence-corrected chi connectivity index (χ0v) is 14.5. The Bertz CT molecular complexity index is 667. The molecule has 2 aromatic carbocycles. The largest absolute Gasteiger partial charge is 0.497 e. The fraction of sp³-hybridized carbons (Fsp3) is 0.350. The highest BCUT2D eigenvalue weighted by atomic mass is 16.5. The molecule has 0 saturated carbocycles. The van der Waals surface area contributed by atoms with Gasteiger partial charge in [0.05, 0.1) is 13.2 Å². The van der Waals surface area contributed by atoms with Crippen molar-refractivity contribution >= 4 is 5.78 Å². The van der Waals surface area contributed by atoms with Gasteiger partial charge in [0.1, 0.15) is 5.75 Å². The Hall–Kier alpha value is -2.17. The van der Waals surface area contributed by atoms with Gasteiger partial charge >= 0.3 is 0 Å². The molecule has 0 heterocycles. The Balaban J connectivity index is 1.84. The first kappa shape index (κ1) is 18.2. The third-order valence-corrected chi connectivity index (χ3v) is 4.10. The van der Waals surface area contributed by atoms with Crippen molar-refractivity contribution in [3.8, 4) is 5.75 Å². The van der Waals surface area contributed by atoms with Crippen LogP contribution in [0.1, 0.15) is 40.9 Å². The molecule has 0 saturated heterocycles. The molecular weight excluding hydrogens is 302 g/mol. The van der Waals surface area contributed by atoms with Crippen molar-refractivity contribution in [2.24, 2.45) is 0 Å². The molecule has 2 rings (SSSR count). The number of aliphatic hydroxyl groups is 1. The van der Waals surface area contributed by atoms with Crippen LogP contribution in [-0.2, 0) is 0 Å². The first-order valence-corrected chi connectivity index (χ1v) is 8.16. The summed E-state index contributed by atoms with van der Waals surface area (Å²) < 4.78 is 5.14. The second-order valence-electron chi connectivity index (χ2n) is 6.00. The molecule has 0 amide bonds. The highest BCUT2D eigenvalue weighted by molar-refractivity contribution is 5.96. The van der Waals surface area contributed by atoms with Crippen LogP contribution in [0.2, 0.25) is 0 Å². The molecule has 0 aliphatic rings. The minimum atomic E-state index is -0.600. The number of hydrogen-bond acceptors (Lipinski definition) is 4. The maximum absolute atomic E-state index is 12.2. The summed E-state index contributed by atoms with van der Waals surface area (Å²) in [6.45, 7) is 4.45. The third-order valence-electron chi connectivity index (χ3n) is 4.10. The minimum Gasteiger partial charge on any atom is -0.497 e. The van der Waals surface area contributed by atoms with E-state index in [1.165, 1.54) is 0 Å². The average molecular weight is 327 g/mol. The molecule has 0 bridgehead atoms. The average Bonchev–Trinajstić information content (AvgIpc) is 2.61. The van der Waals surface area contributed by atoms with Gasteiger partial charge in [-0.1, -0.05) is 42.0 Å². The van der Waals surface area contributed by atoms with Gasteiger partial charge in [-0.05, 0) is 31.5 Å². The van der Waals surface area contributed by atoms with E-state index in [9.17, 15) is 9.90 Å². The van der Waals surface area contributed by atoms with Gasteiger partial charge in [-0.25, -0.2) is 0 Å². The van der Waals surface area contributed by atoms with Crippen LogP contribution in [0.3, 0.4) is 0 Å². The molecule has 0 radical (unpaired) electrons. The molecule has 0 aromatic heterocycles. The number of aryl methyl sites for hydroxylation is 1. The first-order valence-electron chi connectivity index (χ1n) is 8.16. The van der Waals surface area contributed by atoms with Crippen LogP contribution in [0, 0.1) is 6.92 Å². The summed E-state index contributed by atoms with van der Waals surface area (Å²) in [7, 11) is 1.58. The maximum atomic E-state index is 12.2. The predicted molar refractivity (Wildman–Crippen MR) is 95.5 cm³/mol. The molecule has 0 spiro atoms. The maximum Gasteiger partial charge on any atom is 0.164 e. The number of methoxy groups -OCH3 is 1. The molecule has 0 aliphatic heterocycles. The predicted octanol–water partition coefficient (Wildman–Crippen LogP) is 3.29. The van der Waals surface area contributed by atoms with Crippen molar-refractivity contribution in [1.29, 1.82) is 0 Å². The summed E-state index contributed by atoms with van der Waals surface area (Å²) in [5.41, 5.74) is 2.68. The van der Waals surface area contributed by atoms with E-state index < -0.39 is 6.10 Å². The van der Waals surface area contributed by atoms with Crippen molar-refractivity contribution in [3.63, 3.8) is 0 Å². The number of Topliss-reactive ketones (excluding diaryl/α,β-unsaturated/α-hetero) is 1. The van der Waals surface area contributed by atoms with E-state index in [-0.39, 0.29) is 11.8 Å². The van der Waals surface area contributed by atoms with Gasteiger partial charge in [0.2, 0.25) is 0 Å². The molecule has 4 nitrogen and oxygen atoms in total. The van der Waals surface area contributed by atoms with Gasteiger partial charge in [0.15, 0.2) is 5.78 Å². The lowest BCUT2D eigenvalue weighted by atomic mass is 10.0. The standard InChI is InChI=1S/C20H25NO3/c1-14-7-9-16(10-8-14)20(23)15(2)21-12-11-19(22)17-5-4-6-18(13-17)24-3/h4-10,13,15,20-21,23H,11-12H2,1-3H3. The van der Waals surface area contributed by atoms with Crippen LogP contribution >= 0.6 is 0 Å². The van der Waals surface area contributed by atoms with Crippen molar-refractivity contribution in [2.45, 2.75) is 32.4 Å². The quantitative estimate of drug-likeness (QED) is 0.731. The Kier molecular flexibility index (Phi) is 6.53. The molecule has 2 atom stereocenters. The van der Waals surface area contributed by atoms with Gasteiger partial charge in [-0.15, -0.1) is 0 Å². The van der Waals surface area contributed by atoms with Crippen molar-refractivity contribution in [1.82, 2.24) is 5.32 Å². The molecule has 0 fully saturated rings. The van der Waals surface area contributed by atoms with E-state index in [4.69, 9.17) is 4.74 Å². The van der Waals surface area contributed by atoms with Gasteiger partial charge < -0.3 is 15.2 Å². The molecule has 2 aromatic rings. The van der Waals surface area contributed by atoms with E-state index in [1.54, 1.807) is 19.2 Å². The highest BCUT2D eigenvalue weighted by Crippen LogP contribution is 2.18. The number of ketones is 1. The van der Waals surface area contributed by atoms with Gasteiger partial charge in [-0.3, -0.25) is 4.79 Å². The normalized spacial score (nSPS) is 13.3. The Morgan fingerprint density at radius 3 is 2.58 bits per heavy atom. The zero-order chi connectivity index (χ0) is 17.5. The van der Waals surface area contributed by atoms with E-state index in [0.717, 1.165) is 11.1 Å². The monoisotopic (exact) mass is 327 g/mol. The van der Waals surface area contributed by atoms with Crippen molar-refractivity contribution in [3.05, 3.63) is 65.2 Å². The van der Waals surface area contributed by atoms with E-state index >= 15 is 0 Å². The number of aliphatic hydroxyl groups excluding tert-OH is 1. The molecule has 2 N–H and O–H groups in total. The number of carbonyl (C=O) groups is 1. The smallest absolute Gasteiger partial charge is 0.164 e. The SMILES string of the molecule is COc1cccc(C(=O)CCNC(C)C(O)c2ccc(C)cc2)c1. The van der Waals surface area contributed by atoms with Crippen LogP contribution in [0.4, 0.5) is 0 Å². The van der Waals surface area contributed by atoms with Crippen LogP contribution in [0.25, 0.3) is 0 Å². The summed E-state index contributed by atoms with van der Waals surface area (Å²) in [5, 5.41) is 13.6. The van der Waals surface area contributed by atoms with Gasteiger partial charge in [0.25, 0.3) is 0 Å². The Labute approximate surface area is 143 Å². The number of hydrogen-bond donors (Lipinski definition) is 2. The fourth-order valence-electron chi connectivity index (χ4n) is 2.52. The Morgan fingerprint density at radius 2 is 1.92 bits per heavy atom. The van der Waals surface area contributed by atoms with Crippen LogP contribution in [-0.4, -0.2) is 30.6 Å². The zero-order valence-electron chi connectivity index (χ0n) is 14.5. The molecule has 24 heavy (non-hydrogen) atoms. The molecule has 0 aliphatic carbocycles. The summed E-state index contributed by atoms with van der Waals surface area (Å²) in [6, 6.07) is 14.8. The van der Waals surface area contributed by atoms with Crippen LogP contribution in [0.15, 0.2) is 48.5 Å². The lowest BCUT2D eigenvalue weighted by Crippen LogP contribution is -2.33. The summed E-state index contributed by atoms with van der Waals surface area (Å²) >= 11 is 0. The fourth-order valence-corrected chi connectivity index (χ4v) is 2.52. The number of carbonyl (C=O) groups excluding carboxylic acids is 1. The molecule has 4 heteroatoms. The molecule has 128 valence electrons. The van der Waals surface area contributed by atoms with Crippen LogP contribution < -0.4 is 10.1 Å². The molecule has 2 unspecified atom stereocenters. The topological polar surface area (TPSA) is 58.6 Å². The van der Waals surface area contributed by atoms with Crippen molar-refractivity contribution in [2.75, 3.05) is 13.7 Å². The lowest BCUT2D eigenvalue weighted by Gasteiger charge is -2.20. The second kappa shape index (κ2) is 8.62. The third kappa shape index (κ3) is 4.91.